The minimum Gasteiger partial charge on any atom is -0.493 e. The molecule has 1 aromatic heterocycles. The molecule has 0 amide bonds. The van der Waals surface area contributed by atoms with E-state index in [9.17, 15) is 0 Å². The maximum atomic E-state index is 5.55. The Bertz CT molecular complexity index is 564. The van der Waals surface area contributed by atoms with Gasteiger partial charge in [0.25, 0.3) is 0 Å². The smallest absolute Gasteiger partial charge is 0.203 e. The molecule has 0 bridgehead atoms. The molecule has 0 radical (unpaired) electrons. The zero-order valence-corrected chi connectivity index (χ0v) is 13.0. The summed E-state index contributed by atoms with van der Waals surface area (Å²) in [4.78, 5) is 0. The lowest BCUT2D eigenvalue weighted by atomic mass is 10.2. The zero-order valence-electron chi connectivity index (χ0n) is 11.4. The van der Waals surface area contributed by atoms with Crippen LogP contribution in [0, 0.1) is 0 Å². The highest BCUT2D eigenvalue weighted by molar-refractivity contribution is 8.00. The number of aromatic nitrogens is 2. The second-order valence-electron chi connectivity index (χ2n) is 3.73. The Balaban J connectivity index is 2.19. The number of hydrogen-bond donors (Lipinski definition) is 1. The summed E-state index contributed by atoms with van der Waals surface area (Å²) in [5.41, 5.74) is 6.59. The summed E-state index contributed by atoms with van der Waals surface area (Å²) in [6.07, 6.45) is 0. The minimum absolute atomic E-state index is 0.470. The SMILES string of the molecule is COc1cc(CSc2nnc(N)s2)cc(OC)c1OC. The van der Waals surface area contributed by atoms with Crippen LogP contribution in [0.25, 0.3) is 0 Å². The molecule has 2 aromatic rings. The zero-order chi connectivity index (χ0) is 14.5. The molecule has 0 aliphatic rings. The van der Waals surface area contributed by atoms with Crippen LogP contribution in [0.5, 0.6) is 17.2 Å². The van der Waals surface area contributed by atoms with E-state index in [1.807, 2.05) is 12.1 Å². The number of thioether (sulfide) groups is 1. The van der Waals surface area contributed by atoms with Crippen molar-refractivity contribution in [2.75, 3.05) is 27.1 Å². The van der Waals surface area contributed by atoms with E-state index < -0.39 is 0 Å². The van der Waals surface area contributed by atoms with E-state index in [4.69, 9.17) is 19.9 Å². The average Bonchev–Trinajstić information content (AvgIpc) is 2.89. The Labute approximate surface area is 125 Å². The molecule has 0 aliphatic heterocycles. The van der Waals surface area contributed by atoms with Crippen LogP contribution in [0.1, 0.15) is 5.56 Å². The summed E-state index contributed by atoms with van der Waals surface area (Å²) in [5.74, 6) is 2.58. The fourth-order valence-corrected chi connectivity index (χ4v) is 3.21. The fraction of sp³-hybridized carbons (Fsp3) is 0.333. The molecule has 1 heterocycles. The first-order chi connectivity index (χ1) is 9.67. The van der Waals surface area contributed by atoms with Crippen molar-refractivity contribution in [3.05, 3.63) is 17.7 Å². The van der Waals surface area contributed by atoms with Crippen molar-refractivity contribution in [3.63, 3.8) is 0 Å². The molecule has 2 N–H and O–H groups in total. The number of rotatable bonds is 6. The van der Waals surface area contributed by atoms with Gasteiger partial charge in [0, 0.05) is 5.75 Å². The molecule has 108 valence electrons. The van der Waals surface area contributed by atoms with Crippen LogP contribution in [0.4, 0.5) is 5.13 Å². The summed E-state index contributed by atoms with van der Waals surface area (Å²) < 4.78 is 16.7. The predicted octanol–water partition coefficient (Wildman–Crippen LogP) is 2.44. The van der Waals surface area contributed by atoms with Crippen LogP contribution < -0.4 is 19.9 Å². The standard InChI is InChI=1S/C12H15N3O3S2/c1-16-8-4-7(5-9(17-2)10(8)18-3)6-19-12-15-14-11(13)20-12/h4-5H,6H2,1-3H3,(H2,13,14). The molecular formula is C12H15N3O3S2. The average molecular weight is 313 g/mol. The Morgan fingerprint density at radius 2 is 1.75 bits per heavy atom. The highest BCUT2D eigenvalue weighted by Crippen LogP contribution is 2.39. The molecular weight excluding hydrogens is 298 g/mol. The third-order valence-corrected chi connectivity index (χ3v) is 4.47. The second-order valence-corrected chi connectivity index (χ2v) is 5.96. The summed E-state index contributed by atoms with van der Waals surface area (Å²) in [7, 11) is 4.78. The van der Waals surface area contributed by atoms with Gasteiger partial charge >= 0.3 is 0 Å². The number of hydrogen-bond acceptors (Lipinski definition) is 8. The van der Waals surface area contributed by atoms with Crippen molar-refractivity contribution < 1.29 is 14.2 Å². The van der Waals surface area contributed by atoms with Crippen LogP contribution in [0.15, 0.2) is 16.5 Å². The Morgan fingerprint density at radius 1 is 1.10 bits per heavy atom. The van der Waals surface area contributed by atoms with Crippen LogP contribution >= 0.6 is 23.1 Å². The van der Waals surface area contributed by atoms with Crippen LogP contribution in [-0.4, -0.2) is 31.5 Å². The van der Waals surface area contributed by atoms with Gasteiger partial charge < -0.3 is 19.9 Å². The van der Waals surface area contributed by atoms with Crippen LogP contribution in [0.2, 0.25) is 0 Å². The van der Waals surface area contributed by atoms with Gasteiger partial charge in [0.05, 0.1) is 21.3 Å². The van der Waals surface area contributed by atoms with E-state index in [1.165, 1.54) is 11.3 Å². The lowest BCUT2D eigenvalue weighted by molar-refractivity contribution is 0.324. The Kier molecular flexibility index (Phi) is 4.91. The van der Waals surface area contributed by atoms with Gasteiger partial charge in [-0.25, -0.2) is 0 Å². The molecule has 6 nitrogen and oxygen atoms in total. The number of ether oxygens (including phenoxy) is 3. The quantitative estimate of drug-likeness (QED) is 0.820. The largest absolute Gasteiger partial charge is 0.493 e. The third-order valence-electron chi connectivity index (χ3n) is 2.51. The maximum Gasteiger partial charge on any atom is 0.203 e. The minimum atomic E-state index is 0.470. The first-order valence-electron chi connectivity index (χ1n) is 5.68. The molecule has 2 rings (SSSR count). The van der Waals surface area contributed by atoms with Gasteiger partial charge in [-0.2, -0.15) is 0 Å². The predicted molar refractivity (Wildman–Crippen MR) is 80.0 cm³/mol. The molecule has 0 unspecified atom stereocenters. The molecule has 0 spiro atoms. The summed E-state index contributed by atoms with van der Waals surface area (Å²) in [5, 5.41) is 8.22. The number of anilines is 1. The lowest BCUT2D eigenvalue weighted by Gasteiger charge is -2.13. The molecule has 20 heavy (non-hydrogen) atoms. The van der Waals surface area contributed by atoms with E-state index in [0.717, 1.165) is 9.90 Å². The summed E-state index contributed by atoms with van der Waals surface area (Å²) in [6, 6.07) is 3.83. The molecule has 0 atom stereocenters. The van der Waals surface area contributed by atoms with E-state index >= 15 is 0 Å². The monoisotopic (exact) mass is 313 g/mol. The molecule has 0 saturated heterocycles. The van der Waals surface area contributed by atoms with Gasteiger partial charge in [-0.05, 0) is 17.7 Å². The number of methoxy groups -OCH3 is 3. The van der Waals surface area contributed by atoms with Crippen LogP contribution in [-0.2, 0) is 5.75 Å². The highest BCUT2D eigenvalue weighted by Gasteiger charge is 2.13. The summed E-state index contributed by atoms with van der Waals surface area (Å²) in [6.45, 7) is 0. The van der Waals surface area contributed by atoms with Gasteiger partial charge in [-0.3, -0.25) is 0 Å². The topological polar surface area (TPSA) is 79.5 Å². The number of nitrogens with two attached hydrogens (primary N) is 1. The second kappa shape index (κ2) is 6.67. The molecule has 1 aromatic carbocycles. The molecule has 0 fully saturated rings. The molecule has 0 aliphatic carbocycles. The molecule has 0 saturated carbocycles. The first kappa shape index (κ1) is 14.7. The van der Waals surface area contributed by atoms with E-state index in [0.29, 0.717) is 28.1 Å². The highest BCUT2D eigenvalue weighted by atomic mass is 32.2. The maximum absolute atomic E-state index is 5.55. The van der Waals surface area contributed by atoms with Crippen LogP contribution in [0.3, 0.4) is 0 Å². The number of benzene rings is 1. The Morgan fingerprint density at radius 3 is 2.20 bits per heavy atom. The van der Waals surface area contributed by atoms with Crippen molar-refractivity contribution in [3.8, 4) is 17.2 Å². The summed E-state index contributed by atoms with van der Waals surface area (Å²) >= 11 is 2.93. The fourth-order valence-electron chi connectivity index (χ4n) is 1.64. The van der Waals surface area contributed by atoms with E-state index in [1.54, 1.807) is 33.1 Å². The van der Waals surface area contributed by atoms with Crippen molar-refractivity contribution in [1.29, 1.82) is 0 Å². The van der Waals surface area contributed by atoms with Crippen molar-refractivity contribution in [1.82, 2.24) is 10.2 Å². The van der Waals surface area contributed by atoms with E-state index in [2.05, 4.69) is 10.2 Å². The lowest BCUT2D eigenvalue weighted by Crippen LogP contribution is -1.96. The first-order valence-corrected chi connectivity index (χ1v) is 7.48. The Hall–Kier alpha value is -1.67. The van der Waals surface area contributed by atoms with Crippen molar-refractivity contribution in [2.24, 2.45) is 0 Å². The van der Waals surface area contributed by atoms with Crippen molar-refractivity contribution >= 4 is 28.2 Å². The van der Waals surface area contributed by atoms with Gasteiger partial charge in [-0.1, -0.05) is 23.1 Å². The van der Waals surface area contributed by atoms with Gasteiger partial charge in [0.15, 0.2) is 15.8 Å². The van der Waals surface area contributed by atoms with Crippen molar-refractivity contribution in [2.45, 2.75) is 10.1 Å². The molecule has 8 heteroatoms. The number of nitrogen functional groups attached to an aromatic ring is 1. The normalized spacial score (nSPS) is 10.3. The van der Waals surface area contributed by atoms with Gasteiger partial charge in [0.2, 0.25) is 10.9 Å². The van der Waals surface area contributed by atoms with Gasteiger partial charge in [-0.15, -0.1) is 10.2 Å². The number of nitrogens with zero attached hydrogens (tertiary/aromatic N) is 2. The van der Waals surface area contributed by atoms with E-state index in [-0.39, 0.29) is 0 Å². The van der Waals surface area contributed by atoms with Gasteiger partial charge in [0.1, 0.15) is 0 Å². The third kappa shape index (κ3) is 3.26.